The van der Waals surface area contributed by atoms with E-state index in [2.05, 4.69) is 0 Å². The number of amides is 2. The van der Waals surface area contributed by atoms with Gasteiger partial charge >= 0.3 is 5.97 Å². The molecule has 6 rings (SSSR count). The fraction of sp³-hybridized carbons (Fsp3) is 0.129. The van der Waals surface area contributed by atoms with Crippen LogP contribution >= 0.6 is 23.2 Å². The van der Waals surface area contributed by atoms with Crippen molar-refractivity contribution in [2.75, 3.05) is 17.1 Å². The predicted octanol–water partition coefficient (Wildman–Crippen LogP) is 6.41. The fourth-order valence-corrected chi connectivity index (χ4v) is 5.42. The number of hydroxylamine groups is 1. The van der Waals surface area contributed by atoms with Crippen molar-refractivity contribution in [3.05, 3.63) is 118 Å². The van der Waals surface area contributed by atoms with Gasteiger partial charge in [-0.15, -0.1) is 0 Å². The fourth-order valence-electron chi connectivity index (χ4n) is 5.13. The lowest BCUT2D eigenvalue weighted by atomic mass is 9.90. The van der Waals surface area contributed by atoms with Gasteiger partial charge in [0.1, 0.15) is 11.7 Å². The van der Waals surface area contributed by atoms with Crippen LogP contribution < -0.4 is 19.4 Å². The van der Waals surface area contributed by atoms with Gasteiger partial charge in [0.25, 0.3) is 5.91 Å². The SMILES string of the molecule is COc1cc([C@@H]2[C@@H]3C(=O)N(c4ccc(Cl)c(Cl)c4)C(=O)[C@@H]3ON2c2ccccc2)ccc1OC(=O)c1ccc(F)cc1. The largest absolute Gasteiger partial charge is 0.493 e. The second-order valence-corrected chi connectivity index (χ2v) is 10.4. The van der Waals surface area contributed by atoms with E-state index in [1.165, 1.54) is 42.5 Å². The molecule has 0 spiro atoms. The van der Waals surface area contributed by atoms with Crippen LogP contribution in [-0.2, 0) is 14.4 Å². The molecule has 2 aliphatic heterocycles. The molecule has 0 unspecified atom stereocenters. The maximum atomic E-state index is 13.9. The Morgan fingerprint density at radius 3 is 2.26 bits per heavy atom. The molecule has 42 heavy (non-hydrogen) atoms. The van der Waals surface area contributed by atoms with Gasteiger partial charge in [0.05, 0.1) is 40.1 Å². The standard InChI is InChI=1S/C31H21Cl2FN2O6/c1-40-25-15-18(9-14-24(25)41-31(39)17-7-10-19(34)11-8-17)27-26-28(42-36(27)20-5-3-2-4-6-20)30(38)35(29(26)37)21-12-13-22(32)23(33)16-21/h2-16,26-28H,1H3/t26-,27+,28+/m0/s1. The van der Waals surface area contributed by atoms with Crippen LogP contribution in [0.3, 0.4) is 0 Å². The molecule has 2 aliphatic rings. The van der Waals surface area contributed by atoms with Crippen molar-refractivity contribution in [3.8, 4) is 11.5 Å². The van der Waals surface area contributed by atoms with Gasteiger partial charge in [-0.1, -0.05) is 47.5 Å². The van der Waals surface area contributed by atoms with Gasteiger partial charge in [-0.25, -0.2) is 19.1 Å². The number of benzene rings is 4. The second-order valence-electron chi connectivity index (χ2n) is 9.57. The minimum absolute atomic E-state index is 0.114. The minimum Gasteiger partial charge on any atom is -0.493 e. The Balaban J connectivity index is 1.37. The number of fused-ring (bicyclic) bond motifs is 1. The van der Waals surface area contributed by atoms with Crippen molar-refractivity contribution in [3.63, 3.8) is 0 Å². The van der Waals surface area contributed by atoms with E-state index in [1.54, 1.807) is 30.3 Å². The molecule has 0 aliphatic carbocycles. The lowest BCUT2D eigenvalue weighted by molar-refractivity contribution is -0.126. The first-order valence-electron chi connectivity index (χ1n) is 12.8. The summed E-state index contributed by atoms with van der Waals surface area (Å²) in [6.07, 6.45) is -1.11. The van der Waals surface area contributed by atoms with Crippen molar-refractivity contribution in [2.24, 2.45) is 5.92 Å². The van der Waals surface area contributed by atoms with Crippen molar-refractivity contribution in [1.29, 1.82) is 0 Å². The lowest BCUT2D eigenvalue weighted by Crippen LogP contribution is -2.37. The smallest absolute Gasteiger partial charge is 0.343 e. The van der Waals surface area contributed by atoms with E-state index >= 15 is 0 Å². The number of carbonyl (C=O) groups is 3. The van der Waals surface area contributed by atoms with Crippen LogP contribution in [0, 0.1) is 11.7 Å². The highest BCUT2D eigenvalue weighted by molar-refractivity contribution is 6.42. The highest BCUT2D eigenvalue weighted by atomic mass is 35.5. The van der Waals surface area contributed by atoms with E-state index in [9.17, 15) is 18.8 Å². The number of hydrogen-bond acceptors (Lipinski definition) is 7. The minimum atomic E-state index is -1.11. The van der Waals surface area contributed by atoms with E-state index in [0.717, 1.165) is 17.0 Å². The van der Waals surface area contributed by atoms with E-state index in [0.29, 0.717) is 11.3 Å². The summed E-state index contributed by atoms with van der Waals surface area (Å²) in [5.41, 5.74) is 1.64. The summed E-state index contributed by atoms with van der Waals surface area (Å²) in [6.45, 7) is 0. The zero-order valence-corrected chi connectivity index (χ0v) is 23.4. The van der Waals surface area contributed by atoms with Gasteiger partial charge in [0.15, 0.2) is 17.6 Å². The molecule has 0 radical (unpaired) electrons. The highest BCUT2D eigenvalue weighted by Gasteiger charge is 2.60. The molecule has 0 aromatic heterocycles. The average Bonchev–Trinajstić information content (AvgIpc) is 3.51. The Hall–Kier alpha value is -4.44. The Bertz CT molecular complexity index is 1700. The third-order valence-corrected chi connectivity index (χ3v) is 7.84. The number of carbonyl (C=O) groups excluding carboxylic acids is 3. The number of halogens is 3. The Kier molecular flexibility index (Phi) is 7.32. The van der Waals surface area contributed by atoms with Crippen molar-refractivity contribution < 1.29 is 33.1 Å². The van der Waals surface area contributed by atoms with Crippen LogP contribution in [0.5, 0.6) is 11.5 Å². The first kappa shape index (κ1) is 27.7. The number of methoxy groups -OCH3 is 1. The van der Waals surface area contributed by atoms with Crippen LogP contribution in [0.25, 0.3) is 0 Å². The van der Waals surface area contributed by atoms with E-state index < -0.39 is 41.7 Å². The number of esters is 1. The maximum Gasteiger partial charge on any atom is 0.343 e. The quantitative estimate of drug-likeness (QED) is 0.142. The number of para-hydroxylation sites is 1. The molecule has 2 saturated heterocycles. The number of hydrogen-bond donors (Lipinski definition) is 0. The van der Waals surface area contributed by atoms with Crippen LogP contribution in [-0.4, -0.2) is 31.0 Å². The summed E-state index contributed by atoms with van der Waals surface area (Å²) in [6, 6.07) is 22.6. The average molecular weight is 607 g/mol. The third-order valence-electron chi connectivity index (χ3n) is 7.10. The summed E-state index contributed by atoms with van der Waals surface area (Å²) in [4.78, 5) is 47.4. The molecule has 3 atom stereocenters. The van der Waals surface area contributed by atoms with Crippen LogP contribution in [0.1, 0.15) is 22.0 Å². The lowest BCUT2D eigenvalue weighted by Gasteiger charge is -2.29. The number of imide groups is 1. The molecule has 0 N–H and O–H groups in total. The molecular weight excluding hydrogens is 586 g/mol. The van der Waals surface area contributed by atoms with Crippen LogP contribution in [0.15, 0.2) is 91.0 Å². The molecule has 8 nitrogen and oxygen atoms in total. The Labute approximate surface area is 249 Å². The molecule has 212 valence electrons. The van der Waals surface area contributed by atoms with Crippen LogP contribution in [0.4, 0.5) is 15.8 Å². The highest BCUT2D eigenvalue weighted by Crippen LogP contribution is 2.49. The van der Waals surface area contributed by atoms with E-state index in [-0.39, 0.29) is 32.8 Å². The summed E-state index contributed by atoms with van der Waals surface area (Å²) in [5, 5.41) is 2.03. The summed E-state index contributed by atoms with van der Waals surface area (Å²) < 4.78 is 24.4. The van der Waals surface area contributed by atoms with Gasteiger partial charge in [0.2, 0.25) is 5.91 Å². The summed E-state index contributed by atoms with van der Waals surface area (Å²) in [5.74, 6) is -2.80. The number of nitrogens with zero attached hydrogens (tertiary/aromatic N) is 2. The number of anilines is 2. The number of rotatable bonds is 6. The molecule has 11 heteroatoms. The Morgan fingerprint density at radius 1 is 0.833 bits per heavy atom. The molecule has 4 aromatic rings. The molecule has 0 bridgehead atoms. The monoisotopic (exact) mass is 606 g/mol. The third kappa shape index (κ3) is 4.85. The van der Waals surface area contributed by atoms with E-state index in [4.69, 9.17) is 37.5 Å². The molecular formula is C31H21Cl2FN2O6. The first-order valence-corrected chi connectivity index (χ1v) is 13.5. The molecule has 2 fully saturated rings. The first-order chi connectivity index (χ1) is 20.3. The van der Waals surface area contributed by atoms with Gasteiger partial charge in [-0.2, -0.15) is 0 Å². The zero-order valence-electron chi connectivity index (χ0n) is 21.9. The predicted molar refractivity (Wildman–Crippen MR) is 153 cm³/mol. The molecule has 2 amide bonds. The zero-order chi connectivity index (χ0) is 29.5. The normalized spacial score (nSPS) is 19.7. The second kappa shape index (κ2) is 11.1. The molecule has 0 saturated carbocycles. The van der Waals surface area contributed by atoms with E-state index in [1.807, 2.05) is 18.2 Å². The number of ether oxygens (including phenoxy) is 2. The maximum absolute atomic E-state index is 13.9. The summed E-state index contributed by atoms with van der Waals surface area (Å²) >= 11 is 12.2. The van der Waals surface area contributed by atoms with Crippen molar-refractivity contribution in [2.45, 2.75) is 12.1 Å². The molecule has 4 aromatic carbocycles. The van der Waals surface area contributed by atoms with Gasteiger partial charge in [-0.05, 0) is 72.3 Å². The molecule has 2 heterocycles. The Morgan fingerprint density at radius 2 is 1.57 bits per heavy atom. The topological polar surface area (TPSA) is 85.4 Å². The summed E-state index contributed by atoms with van der Waals surface area (Å²) in [7, 11) is 1.41. The van der Waals surface area contributed by atoms with Gasteiger partial charge < -0.3 is 9.47 Å². The van der Waals surface area contributed by atoms with Crippen molar-refractivity contribution >= 4 is 52.4 Å². The van der Waals surface area contributed by atoms with Gasteiger partial charge in [-0.3, -0.25) is 14.4 Å². The van der Waals surface area contributed by atoms with Gasteiger partial charge in [0, 0.05) is 0 Å². The van der Waals surface area contributed by atoms with Crippen LogP contribution in [0.2, 0.25) is 10.0 Å². The van der Waals surface area contributed by atoms with Crippen molar-refractivity contribution in [1.82, 2.24) is 0 Å².